The second kappa shape index (κ2) is 11.9. The number of ether oxygens (including phenoxy) is 1. The van der Waals surface area contributed by atoms with Crippen LogP contribution in [0.2, 0.25) is 0 Å². The summed E-state index contributed by atoms with van der Waals surface area (Å²) >= 11 is 0. The smallest absolute Gasteiger partial charge is 0.166 e. The maximum atomic E-state index is 12.3. The first-order chi connectivity index (χ1) is 14.8. The Morgan fingerprint density at radius 1 is 1.29 bits per heavy atom. The fraction of sp³-hybridized carbons (Fsp3) is 0.385. The first-order valence-corrected chi connectivity index (χ1v) is 10.8. The minimum atomic E-state index is -0.0413. The second-order valence-electron chi connectivity index (χ2n) is 8.02. The Kier molecular flexibility index (Phi) is 9.32. The van der Waals surface area contributed by atoms with Crippen molar-refractivity contribution in [2.45, 2.75) is 53.5 Å². The lowest BCUT2D eigenvalue weighted by Gasteiger charge is -2.14. The summed E-state index contributed by atoms with van der Waals surface area (Å²) in [6.45, 7) is 13.2. The first kappa shape index (κ1) is 24.2. The van der Waals surface area contributed by atoms with Crippen molar-refractivity contribution in [1.29, 1.82) is 0 Å². The Hall–Kier alpha value is -3.08. The van der Waals surface area contributed by atoms with Gasteiger partial charge in [0.15, 0.2) is 5.78 Å². The third-order valence-electron chi connectivity index (χ3n) is 4.93. The molecule has 0 fully saturated rings. The van der Waals surface area contributed by atoms with Crippen LogP contribution >= 0.6 is 0 Å². The summed E-state index contributed by atoms with van der Waals surface area (Å²) in [6, 6.07) is 3.44. The van der Waals surface area contributed by atoms with Crippen LogP contribution in [-0.2, 0) is 6.54 Å². The van der Waals surface area contributed by atoms with E-state index >= 15 is 0 Å². The molecule has 31 heavy (non-hydrogen) atoms. The van der Waals surface area contributed by atoms with Crippen LogP contribution in [0.4, 0.5) is 0 Å². The molecule has 5 heteroatoms. The highest BCUT2D eigenvalue weighted by atomic mass is 16.5. The van der Waals surface area contributed by atoms with Crippen LogP contribution in [0.1, 0.15) is 61.8 Å². The summed E-state index contributed by atoms with van der Waals surface area (Å²) in [6.07, 6.45) is 13.8. The SMILES string of the molecule is C=C(/C=C\C=C/C)c1nccn1CCCCOc1ccc(C(=O)CC(C)C)c(O)c1C. The highest BCUT2D eigenvalue weighted by molar-refractivity contribution is 5.99. The zero-order valence-corrected chi connectivity index (χ0v) is 19.1. The van der Waals surface area contributed by atoms with Crippen molar-refractivity contribution >= 4 is 11.4 Å². The van der Waals surface area contributed by atoms with E-state index in [0.29, 0.717) is 29.9 Å². The van der Waals surface area contributed by atoms with Gasteiger partial charge in [-0.1, -0.05) is 44.7 Å². The lowest BCUT2D eigenvalue weighted by molar-refractivity contribution is 0.0965. The van der Waals surface area contributed by atoms with Crippen molar-refractivity contribution in [3.63, 3.8) is 0 Å². The molecule has 1 N–H and O–H groups in total. The fourth-order valence-corrected chi connectivity index (χ4v) is 3.24. The van der Waals surface area contributed by atoms with Gasteiger partial charge in [0.05, 0.1) is 12.2 Å². The van der Waals surface area contributed by atoms with Crippen LogP contribution < -0.4 is 4.74 Å². The molecule has 0 saturated carbocycles. The van der Waals surface area contributed by atoms with Gasteiger partial charge in [0.1, 0.15) is 17.3 Å². The minimum absolute atomic E-state index is 0.0238. The number of Topliss-reactive ketones (excluding diaryl/α,β-unsaturated/α-hetero) is 1. The third-order valence-corrected chi connectivity index (χ3v) is 4.93. The van der Waals surface area contributed by atoms with Crippen molar-refractivity contribution in [3.05, 3.63) is 72.4 Å². The number of aromatic hydroxyl groups is 1. The molecule has 1 aromatic heterocycles. The van der Waals surface area contributed by atoms with Crippen LogP contribution in [-0.4, -0.2) is 27.0 Å². The van der Waals surface area contributed by atoms with E-state index in [0.717, 1.165) is 30.8 Å². The van der Waals surface area contributed by atoms with Crippen LogP contribution in [0, 0.1) is 12.8 Å². The van der Waals surface area contributed by atoms with E-state index in [9.17, 15) is 9.90 Å². The van der Waals surface area contributed by atoms with Gasteiger partial charge in [-0.15, -0.1) is 0 Å². The third kappa shape index (κ3) is 6.99. The van der Waals surface area contributed by atoms with Gasteiger partial charge in [0, 0.05) is 36.5 Å². The number of rotatable bonds is 12. The van der Waals surface area contributed by atoms with E-state index in [1.165, 1.54) is 0 Å². The van der Waals surface area contributed by atoms with Gasteiger partial charge in [-0.05, 0) is 44.7 Å². The van der Waals surface area contributed by atoms with E-state index in [2.05, 4.69) is 16.1 Å². The van der Waals surface area contributed by atoms with Crippen molar-refractivity contribution in [3.8, 4) is 11.5 Å². The second-order valence-corrected chi connectivity index (χ2v) is 8.02. The first-order valence-electron chi connectivity index (χ1n) is 10.8. The van der Waals surface area contributed by atoms with Crippen molar-refractivity contribution < 1.29 is 14.6 Å². The normalized spacial score (nSPS) is 11.6. The van der Waals surface area contributed by atoms with Crippen LogP contribution in [0.25, 0.3) is 5.57 Å². The van der Waals surface area contributed by atoms with Gasteiger partial charge in [-0.2, -0.15) is 0 Å². The van der Waals surface area contributed by atoms with Crippen molar-refractivity contribution in [2.24, 2.45) is 5.92 Å². The molecule has 166 valence electrons. The zero-order chi connectivity index (χ0) is 22.8. The molecule has 0 spiro atoms. The standard InChI is InChI=1S/C26H34N2O3/c1-6-7-8-11-20(4)26-27-14-16-28(26)15-9-10-17-31-24-13-12-22(25(30)21(24)5)23(29)18-19(2)3/h6-8,11-14,16,19,30H,4,9-10,15,17-18H2,1-3,5H3/b7-6-,11-8-. The summed E-state index contributed by atoms with van der Waals surface area (Å²) in [5.41, 5.74) is 1.85. The molecule has 2 rings (SSSR count). The van der Waals surface area contributed by atoms with E-state index in [4.69, 9.17) is 4.74 Å². The molecule has 0 amide bonds. The number of aryl methyl sites for hydroxylation is 1. The number of carbonyl (C=O) groups is 1. The number of ketones is 1. The summed E-state index contributed by atoms with van der Waals surface area (Å²) in [7, 11) is 0. The summed E-state index contributed by atoms with van der Waals surface area (Å²) in [5, 5.41) is 10.4. The van der Waals surface area contributed by atoms with Gasteiger partial charge in [0.25, 0.3) is 0 Å². The lowest BCUT2D eigenvalue weighted by atomic mass is 9.98. The monoisotopic (exact) mass is 422 g/mol. The largest absolute Gasteiger partial charge is 0.507 e. The molecule has 5 nitrogen and oxygen atoms in total. The molecule has 0 radical (unpaired) electrons. The number of nitrogens with zero attached hydrogens (tertiary/aromatic N) is 2. The van der Waals surface area contributed by atoms with E-state index < -0.39 is 0 Å². The van der Waals surface area contributed by atoms with Crippen LogP contribution in [0.15, 0.2) is 55.4 Å². The minimum Gasteiger partial charge on any atom is -0.507 e. The molecule has 0 atom stereocenters. The van der Waals surface area contributed by atoms with Crippen LogP contribution in [0.3, 0.4) is 0 Å². The molecule has 0 saturated heterocycles. The number of carbonyl (C=O) groups excluding carboxylic acids is 1. The zero-order valence-electron chi connectivity index (χ0n) is 19.1. The molecular formula is C26H34N2O3. The Balaban J connectivity index is 1.86. The number of hydrogen-bond acceptors (Lipinski definition) is 4. The number of phenols is 1. The number of unbranched alkanes of at least 4 members (excludes halogenated alkanes) is 1. The molecule has 0 aliphatic carbocycles. The Bertz CT molecular complexity index is 952. The van der Waals surface area contributed by atoms with Gasteiger partial charge in [-0.25, -0.2) is 4.98 Å². The Morgan fingerprint density at radius 2 is 2.06 bits per heavy atom. The van der Waals surface area contributed by atoms with Gasteiger partial charge in [-0.3, -0.25) is 4.79 Å². The molecule has 0 bridgehead atoms. The number of allylic oxidation sites excluding steroid dienone is 5. The predicted molar refractivity (Wildman–Crippen MR) is 127 cm³/mol. The van der Waals surface area contributed by atoms with E-state index in [1.807, 2.05) is 51.3 Å². The van der Waals surface area contributed by atoms with Gasteiger partial charge >= 0.3 is 0 Å². The topological polar surface area (TPSA) is 64.4 Å². The van der Waals surface area contributed by atoms with E-state index in [1.54, 1.807) is 25.3 Å². The average Bonchev–Trinajstić information content (AvgIpc) is 3.19. The molecule has 0 aliphatic heterocycles. The summed E-state index contributed by atoms with van der Waals surface area (Å²) < 4.78 is 7.96. The Labute approximate surface area is 185 Å². The molecule has 0 unspecified atom stereocenters. The highest BCUT2D eigenvalue weighted by Gasteiger charge is 2.17. The molecule has 0 aliphatic rings. The van der Waals surface area contributed by atoms with Gasteiger partial charge in [0.2, 0.25) is 0 Å². The number of benzene rings is 1. The number of phenolic OH excluding ortho intramolecular Hbond substituents is 1. The number of aromatic nitrogens is 2. The van der Waals surface area contributed by atoms with Crippen LogP contribution in [0.5, 0.6) is 11.5 Å². The summed E-state index contributed by atoms with van der Waals surface area (Å²) in [5.74, 6) is 1.71. The summed E-state index contributed by atoms with van der Waals surface area (Å²) in [4.78, 5) is 16.7. The molecule has 1 aromatic carbocycles. The van der Waals surface area contributed by atoms with Gasteiger partial charge < -0.3 is 14.4 Å². The fourth-order valence-electron chi connectivity index (χ4n) is 3.24. The van der Waals surface area contributed by atoms with E-state index in [-0.39, 0.29) is 17.5 Å². The average molecular weight is 423 g/mol. The molecular weight excluding hydrogens is 388 g/mol. The number of hydrogen-bond donors (Lipinski definition) is 1. The highest BCUT2D eigenvalue weighted by Crippen LogP contribution is 2.32. The van der Waals surface area contributed by atoms with Crippen molar-refractivity contribution in [1.82, 2.24) is 9.55 Å². The maximum Gasteiger partial charge on any atom is 0.166 e. The maximum absolute atomic E-state index is 12.3. The molecule has 2 aromatic rings. The predicted octanol–water partition coefficient (Wildman–Crippen LogP) is 6.13. The van der Waals surface area contributed by atoms with Crippen molar-refractivity contribution in [2.75, 3.05) is 6.61 Å². The Morgan fingerprint density at radius 3 is 2.77 bits per heavy atom. The number of imidazole rings is 1. The lowest BCUT2D eigenvalue weighted by Crippen LogP contribution is -2.07. The molecule has 1 heterocycles. The quantitative estimate of drug-likeness (QED) is 0.254.